The molecule has 0 bridgehead atoms. The third-order valence-corrected chi connectivity index (χ3v) is 7.31. The van der Waals surface area contributed by atoms with Gasteiger partial charge in [0.1, 0.15) is 33.8 Å². The van der Waals surface area contributed by atoms with E-state index in [2.05, 4.69) is 0 Å². The van der Waals surface area contributed by atoms with Gasteiger partial charge in [0.15, 0.2) is 0 Å². The van der Waals surface area contributed by atoms with Crippen LogP contribution >= 0.6 is 0 Å². The van der Waals surface area contributed by atoms with Gasteiger partial charge in [0.25, 0.3) is 0 Å². The number of hydrogen-bond acceptors (Lipinski definition) is 9. The summed E-state index contributed by atoms with van der Waals surface area (Å²) in [5, 5.41) is 19.7. The van der Waals surface area contributed by atoms with Crippen molar-refractivity contribution in [2.24, 2.45) is 0 Å². The Morgan fingerprint density at radius 3 is 1.40 bits per heavy atom. The number of rotatable bonds is 6. The molecule has 0 aliphatic carbocycles. The number of aryl methyl sites for hydroxylation is 2. The number of carboxylic acids is 2. The van der Waals surface area contributed by atoms with Crippen molar-refractivity contribution in [2.45, 2.75) is 13.8 Å². The van der Waals surface area contributed by atoms with Gasteiger partial charge in [-0.05, 0) is 84.6 Å². The maximum absolute atomic E-state index is 11.9. The minimum atomic E-state index is -1.05. The van der Waals surface area contributed by atoms with Crippen LogP contribution in [0.4, 0.5) is 0 Å². The van der Waals surface area contributed by atoms with Crippen molar-refractivity contribution in [3.63, 3.8) is 0 Å². The molecular formula is C36H29LiO11. The van der Waals surface area contributed by atoms with Crippen molar-refractivity contribution >= 4 is 45.8 Å². The molecule has 240 valence electrons. The Labute approximate surface area is 286 Å². The summed E-state index contributed by atoms with van der Waals surface area (Å²) in [6, 6.07) is 23.9. The number of furan rings is 2. The van der Waals surface area contributed by atoms with Crippen LogP contribution in [0, 0.1) is 13.8 Å². The predicted molar refractivity (Wildman–Crippen MR) is 171 cm³/mol. The van der Waals surface area contributed by atoms with E-state index >= 15 is 0 Å². The number of carboxylic acid groups (broad SMARTS) is 2. The zero-order valence-corrected chi connectivity index (χ0v) is 26.7. The SMILES string of the molecule is COC(=O)c1ccc(-c2ccc(C(=O)OC)c3oc(C)cc23)cc1.Cc1cc2c(-c3ccc(C(=O)O)cc3)ccc(C(=O)O)c2o1.[Li+].[OH-]. The van der Waals surface area contributed by atoms with E-state index in [9.17, 15) is 24.3 Å². The zero-order valence-electron chi connectivity index (χ0n) is 26.7. The third-order valence-electron chi connectivity index (χ3n) is 7.31. The summed E-state index contributed by atoms with van der Waals surface area (Å²) in [6.07, 6.45) is 0. The molecule has 0 radical (unpaired) electrons. The van der Waals surface area contributed by atoms with E-state index in [1.165, 1.54) is 32.4 Å². The van der Waals surface area contributed by atoms with Crippen LogP contribution < -0.4 is 18.9 Å². The van der Waals surface area contributed by atoms with Crippen molar-refractivity contribution in [3.8, 4) is 22.3 Å². The van der Waals surface area contributed by atoms with Crippen molar-refractivity contribution in [3.05, 3.63) is 119 Å². The van der Waals surface area contributed by atoms with Gasteiger partial charge < -0.3 is 34.0 Å². The molecule has 11 nitrogen and oxygen atoms in total. The number of benzene rings is 4. The zero-order chi connectivity index (χ0) is 33.1. The van der Waals surface area contributed by atoms with Crippen molar-refractivity contribution in [1.82, 2.24) is 0 Å². The van der Waals surface area contributed by atoms with E-state index in [1.807, 2.05) is 31.2 Å². The van der Waals surface area contributed by atoms with Gasteiger partial charge >= 0.3 is 42.7 Å². The van der Waals surface area contributed by atoms with E-state index in [1.54, 1.807) is 49.4 Å². The first-order chi connectivity index (χ1) is 22.0. The van der Waals surface area contributed by atoms with Gasteiger partial charge in [0, 0.05) is 10.8 Å². The second-order valence-corrected chi connectivity index (χ2v) is 10.3. The van der Waals surface area contributed by atoms with Gasteiger partial charge in [0.05, 0.1) is 25.3 Å². The Kier molecular flexibility index (Phi) is 11.8. The van der Waals surface area contributed by atoms with Gasteiger partial charge in [-0.3, -0.25) is 0 Å². The molecule has 0 spiro atoms. The summed E-state index contributed by atoms with van der Waals surface area (Å²) >= 11 is 0. The first kappa shape index (κ1) is 36.9. The van der Waals surface area contributed by atoms with E-state index in [4.69, 9.17) is 23.4 Å². The van der Waals surface area contributed by atoms with Crippen LogP contribution in [0.2, 0.25) is 0 Å². The molecule has 3 N–H and O–H groups in total. The molecule has 0 fully saturated rings. The third kappa shape index (κ3) is 7.34. The molecule has 12 heteroatoms. The van der Waals surface area contributed by atoms with Gasteiger partial charge in [-0.25, -0.2) is 19.2 Å². The monoisotopic (exact) mass is 644 g/mol. The van der Waals surface area contributed by atoms with Gasteiger partial charge in [-0.1, -0.05) is 36.4 Å². The fraction of sp³-hybridized carbons (Fsp3) is 0.111. The van der Waals surface area contributed by atoms with Crippen LogP contribution in [0.1, 0.15) is 53.0 Å². The average Bonchev–Trinajstić information content (AvgIpc) is 3.65. The second kappa shape index (κ2) is 15.3. The predicted octanol–water partition coefficient (Wildman–Crippen LogP) is 4.61. The Morgan fingerprint density at radius 1 is 0.562 bits per heavy atom. The Hall–Kier alpha value is -5.60. The Morgan fingerprint density at radius 2 is 0.979 bits per heavy atom. The number of methoxy groups -OCH3 is 2. The van der Waals surface area contributed by atoms with E-state index in [0.29, 0.717) is 39.2 Å². The number of aromatic carboxylic acids is 2. The van der Waals surface area contributed by atoms with E-state index in [0.717, 1.165) is 27.6 Å². The van der Waals surface area contributed by atoms with Gasteiger partial charge in [-0.15, -0.1) is 0 Å². The summed E-state index contributed by atoms with van der Waals surface area (Å²) in [5.41, 5.74) is 5.40. The molecule has 0 saturated heterocycles. The molecule has 0 unspecified atom stereocenters. The fourth-order valence-electron chi connectivity index (χ4n) is 5.13. The van der Waals surface area contributed by atoms with Gasteiger partial charge in [0.2, 0.25) is 0 Å². The smallest absolute Gasteiger partial charge is 0.870 e. The summed E-state index contributed by atoms with van der Waals surface area (Å²) in [5.74, 6) is -1.54. The average molecular weight is 645 g/mol. The number of ether oxygens (including phenoxy) is 2. The number of fused-ring (bicyclic) bond motifs is 2. The molecule has 0 atom stereocenters. The standard InChI is InChI=1S/C19H16O5.C17H12O5.Li.H2O/c1-11-10-16-14(8-9-15(17(16)24-11)19(21)23-3)12-4-6-13(7-5-12)18(20)22-2;1-9-8-14-12(6-7-13(17(20)21)15(14)22-9)10-2-4-11(5-3-10)16(18)19;;/h4-10H,1-3H3;2-8H,1H3,(H,18,19)(H,20,21);;1H2/q;;+1;/p-1. The first-order valence-corrected chi connectivity index (χ1v) is 13.9. The minimum absolute atomic E-state index is 0. The number of esters is 2. The van der Waals surface area contributed by atoms with Crippen molar-refractivity contribution in [2.75, 3.05) is 14.2 Å². The normalized spacial score (nSPS) is 10.2. The molecular weight excluding hydrogens is 615 g/mol. The molecule has 4 aromatic carbocycles. The topological polar surface area (TPSA) is 183 Å². The molecule has 0 amide bonds. The van der Waals surface area contributed by atoms with Crippen LogP contribution in [0.25, 0.3) is 44.2 Å². The Balaban J connectivity index is 0.000000251. The van der Waals surface area contributed by atoms with Crippen LogP contribution in [-0.4, -0.2) is 53.8 Å². The maximum Gasteiger partial charge on any atom is 1.00 e. The molecule has 48 heavy (non-hydrogen) atoms. The van der Waals surface area contributed by atoms with Crippen LogP contribution in [0.15, 0.2) is 93.8 Å². The fourth-order valence-corrected chi connectivity index (χ4v) is 5.13. The van der Waals surface area contributed by atoms with Crippen molar-refractivity contribution in [1.29, 1.82) is 0 Å². The number of hydrogen-bond donors (Lipinski definition) is 2. The van der Waals surface area contributed by atoms with E-state index in [-0.39, 0.29) is 41.4 Å². The second-order valence-electron chi connectivity index (χ2n) is 10.3. The van der Waals surface area contributed by atoms with Crippen LogP contribution in [0.5, 0.6) is 0 Å². The summed E-state index contributed by atoms with van der Waals surface area (Å²) in [6.45, 7) is 3.58. The quantitative estimate of drug-likeness (QED) is 0.191. The molecule has 0 saturated carbocycles. The summed E-state index contributed by atoms with van der Waals surface area (Å²) in [7, 11) is 2.68. The van der Waals surface area contributed by atoms with Crippen molar-refractivity contribution < 1.29 is 72.0 Å². The first-order valence-electron chi connectivity index (χ1n) is 13.9. The minimum Gasteiger partial charge on any atom is -0.870 e. The van der Waals surface area contributed by atoms with Gasteiger partial charge in [-0.2, -0.15) is 0 Å². The number of carbonyl (C=O) groups excluding carboxylic acids is 2. The number of carbonyl (C=O) groups is 4. The summed E-state index contributed by atoms with van der Waals surface area (Å²) < 4.78 is 20.7. The van der Waals surface area contributed by atoms with E-state index < -0.39 is 17.9 Å². The van der Waals surface area contributed by atoms with Crippen LogP contribution in [-0.2, 0) is 9.47 Å². The summed E-state index contributed by atoms with van der Waals surface area (Å²) in [4.78, 5) is 45.6. The molecule has 6 aromatic rings. The molecule has 6 rings (SSSR count). The van der Waals surface area contributed by atoms with Crippen LogP contribution in [0.3, 0.4) is 0 Å². The molecule has 2 heterocycles. The molecule has 0 aliphatic rings. The maximum atomic E-state index is 11.9. The molecule has 0 aliphatic heterocycles. The Bertz CT molecular complexity index is 2120. The largest absolute Gasteiger partial charge is 1.00 e. The molecule has 2 aromatic heterocycles.